The van der Waals surface area contributed by atoms with E-state index >= 15 is 0 Å². The van der Waals surface area contributed by atoms with Crippen LogP contribution in [0.4, 0.5) is 0 Å². The average Bonchev–Trinajstić information content (AvgIpc) is 2.86. The number of rotatable bonds is 5. The summed E-state index contributed by atoms with van der Waals surface area (Å²) in [5.74, 6) is 0.886. The summed E-state index contributed by atoms with van der Waals surface area (Å²) >= 11 is 0. The first-order valence-corrected chi connectivity index (χ1v) is 7.25. The van der Waals surface area contributed by atoms with Crippen LogP contribution in [0.1, 0.15) is 31.2 Å². The third-order valence-electron chi connectivity index (χ3n) is 3.95. The second-order valence-electron chi connectivity index (χ2n) is 5.75. The van der Waals surface area contributed by atoms with Crippen molar-refractivity contribution in [3.8, 4) is 5.75 Å². The van der Waals surface area contributed by atoms with Gasteiger partial charge in [-0.25, -0.2) is 0 Å². The zero-order valence-electron chi connectivity index (χ0n) is 12.8. The molecule has 0 heterocycles. The standard InChI is InChI=1S/C16H24N2O2.ClH/c1-13-6-5-7-14(12-13)20-11-10-18(2)15(19)16(17)8-3-4-9-16;/h5-7,12H,3-4,8-11,17H2,1-2H3;1H. The van der Waals surface area contributed by atoms with Gasteiger partial charge in [0.25, 0.3) is 0 Å². The highest BCUT2D eigenvalue weighted by Gasteiger charge is 2.38. The van der Waals surface area contributed by atoms with Gasteiger partial charge in [-0.1, -0.05) is 25.0 Å². The smallest absolute Gasteiger partial charge is 0.242 e. The second-order valence-corrected chi connectivity index (χ2v) is 5.75. The molecule has 21 heavy (non-hydrogen) atoms. The van der Waals surface area contributed by atoms with Crippen molar-refractivity contribution in [3.63, 3.8) is 0 Å². The molecule has 0 spiro atoms. The normalized spacial score (nSPS) is 16.1. The quantitative estimate of drug-likeness (QED) is 0.909. The Balaban J connectivity index is 0.00000220. The molecular formula is C16H25ClN2O2. The van der Waals surface area contributed by atoms with Crippen LogP contribution in [0.15, 0.2) is 24.3 Å². The van der Waals surface area contributed by atoms with Crippen LogP contribution >= 0.6 is 12.4 Å². The molecule has 1 saturated carbocycles. The number of carbonyl (C=O) groups is 1. The molecule has 0 saturated heterocycles. The summed E-state index contributed by atoms with van der Waals surface area (Å²) in [6, 6.07) is 7.91. The van der Waals surface area contributed by atoms with Crippen molar-refractivity contribution < 1.29 is 9.53 Å². The molecule has 1 amide bonds. The average molecular weight is 313 g/mol. The van der Waals surface area contributed by atoms with Crippen molar-refractivity contribution in [2.75, 3.05) is 20.2 Å². The number of benzene rings is 1. The van der Waals surface area contributed by atoms with Crippen LogP contribution in [0.2, 0.25) is 0 Å². The lowest BCUT2D eigenvalue weighted by molar-refractivity contribution is -0.135. The molecule has 2 N–H and O–H groups in total. The van der Waals surface area contributed by atoms with Gasteiger partial charge in [-0.15, -0.1) is 12.4 Å². The Bertz CT molecular complexity index is 473. The predicted molar refractivity (Wildman–Crippen MR) is 86.9 cm³/mol. The molecule has 5 heteroatoms. The van der Waals surface area contributed by atoms with E-state index in [0.29, 0.717) is 13.2 Å². The number of amides is 1. The van der Waals surface area contributed by atoms with Crippen LogP contribution in [0.5, 0.6) is 5.75 Å². The SMILES string of the molecule is Cc1cccc(OCCN(C)C(=O)C2(N)CCCC2)c1.Cl. The molecular weight excluding hydrogens is 288 g/mol. The molecule has 1 aliphatic rings. The topological polar surface area (TPSA) is 55.6 Å². The van der Waals surface area contributed by atoms with Gasteiger partial charge < -0.3 is 15.4 Å². The van der Waals surface area contributed by atoms with Gasteiger partial charge in [-0.2, -0.15) is 0 Å². The number of hydrogen-bond donors (Lipinski definition) is 1. The van der Waals surface area contributed by atoms with Gasteiger partial charge in [-0.3, -0.25) is 4.79 Å². The Morgan fingerprint density at radius 1 is 1.38 bits per heavy atom. The van der Waals surface area contributed by atoms with Crippen LogP contribution in [-0.4, -0.2) is 36.5 Å². The molecule has 118 valence electrons. The Kier molecular flexibility index (Phi) is 6.49. The van der Waals surface area contributed by atoms with Gasteiger partial charge in [0, 0.05) is 7.05 Å². The minimum absolute atomic E-state index is 0. The minimum Gasteiger partial charge on any atom is -0.492 e. The molecule has 0 aromatic heterocycles. The third-order valence-corrected chi connectivity index (χ3v) is 3.95. The molecule has 1 fully saturated rings. The fraction of sp³-hybridized carbons (Fsp3) is 0.562. The maximum Gasteiger partial charge on any atom is 0.242 e. The fourth-order valence-corrected chi connectivity index (χ4v) is 2.71. The number of nitrogens with zero attached hydrogens (tertiary/aromatic N) is 1. The summed E-state index contributed by atoms with van der Waals surface area (Å²) in [6.07, 6.45) is 3.70. The van der Waals surface area contributed by atoms with E-state index in [4.69, 9.17) is 10.5 Å². The van der Waals surface area contributed by atoms with Crippen molar-refractivity contribution in [3.05, 3.63) is 29.8 Å². The van der Waals surface area contributed by atoms with E-state index in [-0.39, 0.29) is 18.3 Å². The summed E-state index contributed by atoms with van der Waals surface area (Å²) in [7, 11) is 1.80. The number of likely N-dealkylation sites (N-methyl/N-ethyl adjacent to an activating group) is 1. The van der Waals surface area contributed by atoms with Crippen LogP contribution < -0.4 is 10.5 Å². The summed E-state index contributed by atoms with van der Waals surface area (Å²) in [6.45, 7) is 3.08. The van der Waals surface area contributed by atoms with Crippen LogP contribution in [-0.2, 0) is 4.79 Å². The van der Waals surface area contributed by atoms with Gasteiger partial charge in [0.2, 0.25) is 5.91 Å². The van der Waals surface area contributed by atoms with Crippen LogP contribution in [0, 0.1) is 6.92 Å². The van der Waals surface area contributed by atoms with Crippen molar-refractivity contribution in [1.82, 2.24) is 4.90 Å². The molecule has 4 nitrogen and oxygen atoms in total. The summed E-state index contributed by atoms with van der Waals surface area (Å²) in [4.78, 5) is 14.0. The van der Waals surface area contributed by atoms with Gasteiger partial charge in [0.1, 0.15) is 12.4 Å². The van der Waals surface area contributed by atoms with E-state index in [0.717, 1.165) is 31.4 Å². The summed E-state index contributed by atoms with van der Waals surface area (Å²) in [5.41, 5.74) is 6.70. The van der Waals surface area contributed by atoms with E-state index in [1.807, 2.05) is 31.2 Å². The lowest BCUT2D eigenvalue weighted by Crippen LogP contribution is -2.53. The van der Waals surface area contributed by atoms with Crippen LogP contribution in [0.25, 0.3) is 0 Å². The fourth-order valence-electron chi connectivity index (χ4n) is 2.71. The zero-order valence-corrected chi connectivity index (χ0v) is 13.6. The Morgan fingerprint density at radius 3 is 2.67 bits per heavy atom. The number of nitrogens with two attached hydrogens (primary N) is 1. The predicted octanol–water partition coefficient (Wildman–Crippen LogP) is 2.53. The van der Waals surface area contributed by atoms with Gasteiger partial charge in [0.15, 0.2) is 0 Å². The first-order valence-electron chi connectivity index (χ1n) is 7.25. The van der Waals surface area contributed by atoms with E-state index < -0.39 is 5.54 Å². The van der Waals surface area contributed by atoms with Gasteiger partial charge in [-0.05, 0) is 37.5 Å². The Labute approximate surface area is 133 Å². The monoisotopic (exact) mass is 312 g/mol. The van der Waals surface area contributed by atoms with E-state index in [1.165, 1.54) is 5.56 Å². The molecule has 1 aromatic rings. The number of hydrogen-bond acceptors (Lipinski definition) is 3. The molecule has 0 aliphatic heterocycles. The lowest BCUT2D eigenvalue weighted by atomic mass is 9.97. The van der Waals surface area contributed by atoms with Gasteiger partial charge >= 0.3 is 0 Å². The van der Waals surface area contributed by atoms with E-state index in [2.05, 4.69) is 0 Å². The zero-order chi connectivity index (χ0) is 14.6. The summed E-state index contributed by atoms with van der Waals surface area (Å²) in [5, 5.41) is 0. The molecule has 1 aromatic carbocycles. The number of carbonyl (C=O) groups excluding carboxylic acids is 1. The molecule has 0 radical (unpaired) electrons. The Hall–Kier alpha value is -1.26. The highest BCUT2D eigenvalue weighted by molar-refractivity contribution is 5.86. The molecule has 1 aliphatic carbocycles. The molecule has 2 rings (SSSR count). The van der Waals surface area contributed by atoms with Crippen molar-refractivity contribution >= 4 is 18.3 Å². The highest BCUT2D eigenvalue weighted by atomic mass is 35.5. The van der Waals surface area contributed by atoms with Crippen molar-refractivity contribution in [2.24, 2.45) is 5.73 Å². The lowest BCUT2D eigenvalue weighted by Gasteiger charge is -2.28. The van der Waals surface area contributed by atoms with Crippen molar-refractivity contribution in [1.29, 1.82) is 0 Å². The Morgan fingerprint density at radius 2 is 2.05 bits per heavy atom. The number of ether oxygens (including phenoxy) is 1. The second kappa shape index (κ2) is 7.66. The van der Waals surface area contributed by atoms with E-state index in [1.54, 1.807) is 11.9 Å². The third kappa shape index (κ3) is 4.61. The first-order chi connectivity index (χ1) is 9.51. The van der Waals surface area contributed by atoms with Crippen LogP contribution in [0.3, 0.4) is 0 Å². The molecule has 0 unspecified atom stereocenters. The minimum atomic E-state index is -0.641. The van der Waals surface area contributed by atoms with Crippen molar-refractivity contribution in [2.45, 2.75) is 38.1 Å². The van der Waals surface area contributed by atoms with Gasteiger partial charge in [0.05, 0.1) is 12.1 Å². The maximum atomic E-state index is 12.3. The maximum absolute atomic E-state index is 12.3. The number of aryl methyl sites for hydroxylation is 1. The molecule has 0 bridgehead atoms. The molecule has 0 atom stereocenters. The summed E-state index contributed by atoms with van der Waals surface area (Å²) < 4.78 is 5.67. The van der Waals surface area contributed by atoms with E-state index in [9.17, 15) is 4.79 Å². The highest BCUT2D eigenvalue weighted by Crippen LogP contribution is 2.28. The largest absolute Gasteiger partial charge is 0.492 e. The number of halogens is 1. The first kappa shape index (κ1) is 17.8.